The van der Waals surface area contributed by atoms with Gasteiger partial charge in [0.2, 0.25) is 0 Å². The van der Waals surface area contributed by atoms with Gasteiger partial charge in [0.05, 0.1) is 17.8 Å². The Kier molecular flexibility index (Phi) is 2.50. The fraction of sp³-hybridized carbons (Fsp3) is 0.385. The van der Waals surface area contributed by atoms with E-state index >= 15 is 0 Å². The van der Waals surface area contributed by atoms with Crippen LogP contribution in [0.3, 0.4) is 0 Å². The van der Waals surface area contributed by atoms with Gasteiger partial charge in [-0.15, -0.1) is 0 Å². The second-order valence-electron chi connectivity index (χ2n) is 4.93. The molecule has 1 spiro atoms. The van der Waals surface area contributed by atoms with Crippen LogP contribution in [0.4, 0.5) is 10.5 Å². The van der Waals surface area contributed by atoms with Crippen LogP contribution in [-0.2, 0) is 4.79 Å². The quantitative estimate of drug-likeness (QED) is 0.845. The third-order valence-electron chi connectivity index (χ3n) is 3.62. The fourth-order valence-electron chi connectivity index (χ4n) is 2.34. The molecule has 100 valence electrons. The highest BCUT2D eigenvalue weighted by molar-refractivity contribution is 6.36. The van der Waals surface area contributed by atoms with E-state index in [2.05, 4.69) is 5.32 Å². The average Bonchev–Trinajstić information content (AvgIpc) is 3.09. The number of imide groups is 1. The van der Waals surface area contributed by atoms with Gasteiger partial charge >= 0.3 is 6.03 Å². The summed E-state index contributed by atoms with van der Waals surface area (Å²) < 4.78 is 5.16. The molecule has 3 rings (SSSR count). The standard InChI is InChI=1S/C13H13ClN2O3/c1-7-5-9(8(14)6-10(7)19-2)16-11(17)13(3-4-13)15-12(16)18/h5-6H,3-4H2,1-2H3,(H,15,18). The number of hydrogen-bond donors (Lipinski definition) is 1. The maximum atomic E-state index is 12.3. The molecule has 1 heterocycles. The number of halogens is 1. The Morgan fingerprint density at radius 2 is 2.05 bits per heavy atom. The minimum Gasteiger partial charge on any atom is -0.496 e. The molecular formula is C13H13ClN2O3. The molecule has 2 fully saturated rings. The number of rotatable bonds is 2. The molecule has 0 radical (unpaired) electrons. The van der Waals surface area contributed by atoms with Gasteiger partial charge in [-0.05, 0) is 31.4 Å². The third kappa shape index (κ3) is 1.69. The van der Waals surface area contributed by atoms with Crippen LogP contribution in [0, 0.1) is 6.92 Å². The molecule has 0 atom stereocenters. The van der Waals surface area contributed by atoms with Gasteiger partial charge in [-0.3, -0.25) is 4.79 Å². The SMILES string of the molecule is COc1cc(Cl)c(N2C(=O)NC3(CC3)C2=O)cc1C. The number of anilines is 1. The maximum absolute atomic E-state index is 12.3. The van der Waals surface area contributed by atoms with Crippen molar-refractivity contribution in [2.75, 3.05) is 12.0 Å². The lowest BCUT2D eigenvalue weighted by Gasteiger charge is -2.17. The van der Waals surface area contributed by atoms with Crippen molar-refractivity contribution < 1.29 is 14.3 Å². The van der Waals surface area contributed by atoms with Gasteiger partial charge in [0.1, 0.15) is 11.3 Å². The number of amides is 3. The zero-order valence-corrected chi connectivity index (χ0v) is 11.4. The molecule has 0 bridgehead atoms. The van der Waals surface area contributed by atoms with Crippen molar-refractivity contribution in [3.63, 3.8) is 0 Å². The first-order chi connectivity index (χ1) is 8.98. The molecule has 2 aliphatic rings. The Labute approximate surface area is 115 Å². The molecule has 5 nitrogen and oxygen atoms in total. The number of carbonyl (C=O) groups excluding carboxylic acids is 2. The molecule has 6 heteroatoms. The van der Waals surface area contributed by atoms with Crippen LogP contribution in [0.2, 0.25) is 5.02 Å². The predicted molar refractivity (Wildman–Crippen MR) is 70.7 cm³/mol. The normalized spacial score (nSPS) is 19.8. The van der Waals surface area contributed by atoms with Crippen LogP contribution in [-0.4, -0.2) is 24.6 Å². The Morgan fingerprint density at radius 1 is 1.37 bits per heavy atom. The van der Waals surface area contributed by atoms with E-state index in [0.29, 0.717) is 29.3 Å². The van der Waals surface area contributed by atoms with Gasteiger partial charge < -0.3 is 10.1 Å². The number of carbonyl (C=O) groups is 2. The second kappa shape index (κ2) is 3.87. The summed E-state index contributed by atoms with van der Waals surface area (Å²) >= 11 is 6.15. The van der Waals surface area contributed by atoms with E-state index in [0.717, 1.165) is 10.5 Å². The summed E-state index contributed by atoms with van der Waals surface area (Å²) in [5, 5.41) is 3.05. The Morgan fingerprint density at radius 3 is 2.58 bits per heavy atom. The molecule has 0 unspecified atom stereocenters. The highest BCUT2D eigenvalue weighted by Crippen LogP contribution is 2.44. The van der Waals surface area contributed by atoms with E-state index in [-0.39, 0.29) is 5.91 Å². The monoisotopic (exact) mass is 280 g/mol. The van der Waals surface area contributed by atoms with Gasteiger partial charge in [-0.2, -0.15) is 0 Å². The Bertz CT molecular complexity index is 596. The maximum Gasteiger partial charge on any atom is 0.329 e. The molecule has 0 aromatic heterocycles. The van der Waals surface area contributed by atoms with E-state index in [1.54, 1.807) is 19.2 Å². The summed E-state index contributed by atoms with van der Waals surface area (Å²) in [5.41, 5.74) is 0.555. The number of hydrogen-bond acceptors (Lipinski definition) is 3. The summed E-state index contributed by atoms with van der Waals surface area (Å²) in [6, 6.07) is 2.90. The largest absolute Gasteiger partial charge is 0.496 e. The average molecular weight is 281 g/mol. The molecule has 19 heavy (non-hydrogen) atoms. The lowest BCUT2D eigenvalue weighted by Crippen LogP contribution is -2.32. The Hall–Kier alpha value is -1.75. The van der Waals surface area contributed by atoms with E-state index < -0.39 is 11.6 Å². The molecule has 1 aromatic carbocycles. The van der Waals surface area contributed by atoms with Crippen molar-refractivity contribution in [1.29, 1.82) is 0 Å². The first-order valence-corrected chi connectivity index (χ1v) is 6.37. The van der Waals surface area contributed by atoms with Crippen LogP contribution in [0.25, 0.3) is 0 Å². The fourth-order valence-corrected chi connectivity index (χ4v) is 2.58. The van der Waals surface area contributed by atoms with Crippen molar-refractivity contribution >= 4 is 29.2 Å². The van der Waals surface area contributed by atoms with Crippen molar-refractivity contribution in [2.24, 2.45) is 0 Å². The number of benzene rings is 1. The number of methoxy groups -OCH3 is 1. The van der Waals surface area contributed by atoms with Crippen molar-refractivity contribution in [1.82, 2.24) is 5.32 Å². The van der Waals surface area contributed by atoms with Crippen LogP contribution < -0.4 is 15.0 Å². The number of nitrogens with zero attached hydrogens (tertiary/aromatic N) is 1. The van der Waals surface area contributed by atoms with E-state index in [9.17, 15) is 9.59 Å². The number of ether oxygens (including phenoxy) is 1. The molecule has 1 aromatic rings. The summed E-state index contributed by atoms with van der Waals surface area (Å²) in [6.45, 7) is 1.84. The lowest BCUT2D eigenvalue weighted by atomic mass is 10.1. The van der Waals surface area contributed by atoms with Gasteiger partial charge in [-0.1, -0.05) is 11.6 Å². The second-order valence-corrected chi connectivity index (χ2v) is 5.33. The van der Waals surface area contributed by atoms with Gasteiger partial charge in [0.25, 0.3) is 5.91 Å². The van der Waals surface area contributed by atoms with Gasteiger partial charge in [0, 0.05) is 6.07 Å². The lowest BCUT2D eigenvalue weighted by molar-refractivity contribution is -0.119. The zero-order chi connectivity index (χ0) is 13.8. The number of aryl methyl sites for hydroxylation is 1. The smallest absolute Gasteiger partial charge is 0.329 e. The summed E-state index contributed by atoms with van der Waals surface area (Å²) in [7, 11) is 1.55. The number of nitrogens with one attached hydrogen (secondary N) is 1. The van der Waals surface area contributed by atoms with Crippen molar-refractivity contribution in [2.45, 2.75) is 25.3 Å². The molecule has 1 N–H and O–H groups in total. The van der Waals surface area contributed by atoms with E-state index in [1.807, 2.05) is 6.92 Å². The molecule has 1 saturated heterocycles. The van der Waals surface area contributed by atoms with Crippen molar-refractivity contribution in [3.05, 3.63) is 22.7 Å². The summed E-state index contributed by atoms with van der Waals surface area (Å²) in [5.74, 6) is 0.408. The molecular weight excluding hydrogens is 268 g/mol. The Balaban J connectivity index is 2.05. The highest BCUT2D eigenvalue weighted by atomic mass is 35.5. The van der Waals surface area contributed by atoms with Crippen LogP contribution in [0.15, 0.2) is 12.1 Å². The molecule has 1 saturated carbocycles. The first-order valence-electron chi connectivity index (χ1n) is 5.99. The zero-order valence-electron chi connectivity index (χ0n) is 10.6. The van der Waals surface area contributed by atoms with Crippen LogP contribution in [0.5, 0.6) is 5.75 Å². The summed E-state index contributed by atoms with van der Waals surface area (Å²) in [4.78, 5) is 25.4. The van der Waals surface area contributed by atoms with E-state index in [1.165, 1.54) is 0 Å². The first kappa shape index (κ1) is 12.3. The number of urea groups is 1. The van der Waals surface area contributed by atoms with Crippen LogP contribution >= 0.6 is 11.6 Å². The predicted octanol–water partition coefficient (Wildman–Crippen LogP) is 2.25. The highest BCUT2D eigenvalue weighted by Gasteiger charge is 2.60. The van der Waals surface area contributed by atoms with E-state index in [4.69, 9.17) is 16.3 Å². The minimum absolute atomic E-state index is 0.219. The minimum atomic E-state index is -0.672. The van der Waals surface area contributed by atoms with Gasteiger partial charge in [-0.25, -0.2) is 9.69 Å². The summed E-state index contributed by atoms with van der Waals surface area (Å²) in [6.07, 6.45) is 1.39. The van der Waals surface area contributed by atoms with Crippen molar-refractivity contribution in [3.8, 4) is 5.75 Å². The van der Waals surface area contributed by atoms with Gasteiger partial charge in [0.15, 0.2) is 0 Å². The molecule has 1 aliphatic carbocycles. The third-order valence-corrected chi connectivity index (χ3v) is 3.92. The molecule has 1 aliphatic heterocycles. The molecule has 3 amide bonds. The van der Waals surface area contributed by atoms with Crippen LogP contribution in [0.1, 0.15) is 18.4 Å². The topological polar surface area (TPSA) is 58.6 Å².